The number of nitrogens with one attached hydrogen (secondary N) is 1. The summed E-state index contributed by atoms with van der Waals surface area (Å²) >= 11 is 0. The minimum absolute atomic E-state index is 0.115. The van der Waals surface area contributed by atoms with E-state index in [1.165, 1.54) is 13.1 Å². The number of ether oxygens (including phenoxy) is 1. The van der Waals surface area contributed by atoms with E-state index in [1.807, 2.05) is 0 Å². The normalized spacial score (nSPS) is 12.2. The number of benzene rings is 1. The lowest BCUT2D eigenvalue weighted by molar-refractivity contribution is 0.00697. The standard InChI is InChI=1S/C12H16BF3NO2/c1-12(2,3)19-11(18)8-5-9(13(14,15)16)7-10(6-8)17-4/h5-7,17H,1-4H3/q-1. The summed E-state index contributed by atoms with van der Waals surface area (Å²) in [6.07, 6.45) is 0. The van der Waals surface area contributed by atoms with E-state index in [0.29, 0.717) is 0 Å². The third-order valence-corrected chi connectivity index (χ3v) is 2.26. The average molecular weight is 274 g/mol. The molecule has 0 spiro atoms. The molecule has 0 saturated carbocycles. The molecular weight excluding hydrogens is 258 g/mol. The molecule has 0 saturated heterocycles. The molecule has 0 fully saturated rings. The molecule has 0 bridgehead atoms. The number of halogens is 3. The van der Waals surface area contributed by atoms with Gasteiger partial charge in [-0.3, -0.25) is 0 Å². The third kappa shape index (κ3) is 4.50. The Morgan fingerprint density at radius 2 is 1.79 bits per heavy atom. The fourth-order valence-electron chi connectivity index (χ4n) is 1.44. The molecule has 0 aromatic heterocycles. The number of hydrogen-bond acceptors (Lipinski definition) is 3. The number of hydrogen-bond donors (Lipinski definition) is 1. The molecule has 1 aromatic rings. The van der Waals surface area contributed by atoms with Crippen molar-refractivity contribution in [1.29, 1.82) is 0 Å². The molecule has 1 aromatic carbocycles. The van der Waals surface area contributed by atoms with Crippen molar-refractivity contribution in [2.75, 3.05) is 12.4 Å². The molecule has 1 rings (SSSR count). The Kier molecular flexibility index (Phi) is 4.17. The van der Waals surface area contributed by atoms with Crippen LogP contribution < -0.4 is 10.8 Å². The van der Waals surface area contributed by atoms with Crippen LogP contribution in [0.3, 0.4) is 0 Å². The van der Waals surface area contributed by atoms with E-state index in [-0.39, 0.29) is 11.3 Å². The van der Waals surface area contributed by atoms with Gasteiger partial charge in [-0.15, -0.1) is 5.46 Å². The maximum atomic E-state index is 12.8. The first-order valence-electron chi connectivity index (χ1n) is 5.79. The second-order valence-corrected chi connectivity index (χ2v) is 5.17. The lowest BCUT2D eigenvalue weighted by Crippen LogP contribution is -2.35. The molecule has 0 radical (unpaired) electrons. The molecule has 0 aliphatic rings. The summed E-state index contributed by atoms with van der Waals surface area (Å²) in [5, 5.41) is 2.60. The van der Waals surface area contributed by atoms with Gasteiger partial charge in [-0.05, 0) is 26.8 Å². The number of esters is 1. The van der Waals surface area contributed by atoms with Gasteiger partial charge in [-0.2, -0.15) is 0 Å². The van der Waals surface area contributed by atoms with Crippen LogP contribution in [0.1, 0.15) is 31.1 Å². The van der Waals surface area contributed by atoms with Crippen LogP contribution >= 0.6 is 0 Å². The Morgan fingerprint density at radius 3 is 2.21 bits per heavy atom. The Balaban J connectivity index is 3.18. The second-order valence-electron chi connectivity index (χ2n) is 5.17. The minimum Gasteiger partial charge on any atom is -0.456 e. The van der Waals surface area contributed by atoms with Gasteiger partial charge in [-0.1, -0.05) is 12.1 Å². The van der Waals surface area contributed by atoms with Crippen LogP contribution in [-0.4, -0.2) is 25.6 Å². The van der Waals surface area contributed by atoms with Crippen LogP contribution in [0, 0.1) is 0 Å². The molecule has 7 heteroatoms. The Labute approximate surface area is 110 Å². The highest BCUT2D eigenvalue weighted by atomic mass is 19.4. The lowest BCUT2D eigenvalue weighted by Gasteiger charge is -2.21. The summed E-state index contributed by atoms with van der Waals surface area (Å²) in [6.45, 7) is -0.202. The van der Waals surface area contributed by atoms with Gasteiger partial charge >= 0.3 is 12.9 Å². The first kappa shape index (κ1) is 15.4. The van der Waals surface area contributed by atoms with Gasteiger partial charge < -0.3 is 23.0 Å². The predicted octanol–water partition coefficient (Wildman–Crippen LogP) is 2.74. The van der Waals surface area contributed by atoms with Crippen LogP contribution in [0.5, 0.6) is 0 Å². The van der Waals surface area contributed by atoms with Crippen LogP contribution in [0.2, 0.25) is 0 Å². The van der Waals surface area contributed by atoms with Gasteiger partial charge in [0.15, 0.2) is 0 Å². The Bertz CT molecular complexity index is 481. The molecule has 106 valence electrons. The number of anilines is 1. The molecular formula is C12H16BF3NO2-. The maximum Gasteiger partial charge on any atom is 0.509 e. The van der Waals surface area contributed by atoms with E-state index in [0.717, 1.165) is 12.1 Å². The highest BCUT2D eigenvalue weighted by Gasteiger charge is 2.28. The quantitative estimate of drug-likeness (QED) is 0.680. The van der Waals surface area contributed by atoms with Crippen LogP contribution in [0.25, 0.3) is 0 Å². The van der Waals surface area contributed by atoms with Gasteiger partial charge in [0.05, 0.1) is 5.56 Å². The fourth-order valence-corrected chi connectivity index (χ4v) is 1.44. The molecule has 0 aliphatic carbocycles. The van der Waals surface area contributed by atoms with Gasteiger partial charge in [0.1, 0.15) is 5.60 Å². The van der Waals surface area contributed by atoms with E-state index in [2.05, 4.69) is 5.32 Å². The van der Waals surface area contributed by atoms with Crippen molar-refractivity contribution in [3.63, 3.8) is 0 Å². The summed E-state index contributed by atoms with van der Waals surface area (Å²) in [6, 6.07) is 3.11. The smallest absolute Gasteiger partial charge is 0.456 e. The zero-order chi connectivity index (χ0) is 14.8. The van der Waals surface area contributed by atoms with E-state index >= 15 is 0 Å². The van der Waals surface area contributed by atoms with Gasteiger partial charge in [0.25, 0.3) is 0 Å². The van der Waals surface area contributed by atoms with E-state index < -0.39 is 24.0 Å². The van der Waals surface area contributed by atoms with Gasteiger partial charge in [0.2, 0.25) is 0 Å². The molecule has 0 unspecified atom stereocenters. The predicted molar refractivity (Wildman–Crippen MR) is 69.9 cm³/mol. The van der Waals surface area contributed by atoms with Crippen molar-refractivity contribution < 1.29 is 22.5 Å². The minimum atomic E-state index is -5.16. The van der Waals surface area contributed by atoms with Crippen LogP contribution in [0.15, 0.2) is 18.2 Å². The highest BCUT2D eigenvalue weighted by Crippen LogP contribution is 2.18. The first-order chi connectivity index (χ1) is 8.53. The summed E-state index contributed by atoms with van der Waals surface area (Å²) in [7, 11) is 1.49. The van der Waals surface area contributed by atoms with E-state index in [1.54, 1.807) is 20.8 Å². The zero-order valence-corrected chi connectivity index (χ0v) is 11.3. The summed E-state index contributed by atoms with van der Waals surface area (Å²) in [5.74, 6) is -0.772. The summed E-state index contributed by atoms with van der Waals surface area (Å²) in [5.41, 5.74) is -1.47. The second kappa shape index (κ2) is 5.15. The average Bonchev–Trinajstić information content (AvgIpc) is 2.25. The third-order valence-electron chi connectivity index (χ3n) is 2.26. The number of rotatable bonds is 3. The molecule has 0 amide bonds. The van der Waals surface area contributed by atoms with Crippen molar-refractivity contribution in [1.82, 2.24) is 0 Å². The van der Waals surface area contributed by atoms with Gasteiger partial charge in [0, 0.05) is 12.7 Å². The lowest BCUT2D eigenvalue weighted by atomic mass is 9.79. The van der Waals surface area contributed by atoms with Crippen molar-refractivity contribution in [3.05, 3.63) is 23.8 Å². The molecule has 1 N–H and O–H groups in total. The summed E-state index contributed by atoms with van der Waals surface area (Å²) in [4.78, 5) is 11.8. The highest BCUT2D eigenvalue weighted by molar-refractivity contribution is 6.73. The maximum absolute atomic E-state index is 12.8. The SMILES string of the molecule is CNc1cc(C(=O)OC(C)(C)C)cc([B-](F)(F)F)c1. The van der Waals surface area contributed by atoms with Crippen LogP contribution in [0.4, 0.5) is 18.6 Å². The number of carbonyl (C=O) groups excluding carboxylic acids is 1. The van der Waals surface area contributed by atoms with Crippen molar-refractivity contribution in [2.24, 2.45) is 0 Å². The van der Waals surface area contributed by atoms with E-state index in [4.69, 9.17) is 4.74 Å². The molecule has 0 heterocycles. The van der Waals surface area contributed by atoms with Crippen LogP contribution in [-0.2, 0) is 4.74 Å². The first-order valence-corrected chi connectivity index (χ1v) is 5.79. The monoisotopic (exact) mass is 274 g/mol. The van der Waals surface area contributed by atoms with E-state index in [9.17, 15) is 17.7 Å². The molecule has 0 atom stereocenters. The van der Waals surface area contributed by atoms with Crippen molar-refractivity contribution >= 4 is 24.1 Å². The largest absolute Gasteiger partial charge is 0.509 e. The molecule has 0 aliphatic heterocycles. The zero-order valence-electron chi connectivity index (χ0n) is 11.3. The van der Waals surface area contributed by atoms with Gasteiger partial charge in [-0.25, -0.2) is 4.79 Å². The summed E-state index contributed by atoms with van der Waals surface area (Å²) < 4.78 is 43.4. The Morgan fingerprint density at radius 1 is 1.21 bits per heavy atom. The van der Waals surface area contributed by atoms with Crippen molar-refractivity contribution in [3.8, 4) is 0 Å². The fraction of sp³-hybridized carbons (Fsp3) is 0.417. The Hall–Kier alpha value is -1.66. The topological polar surface area (TPSA) is 38.3 Å². The molecule has 3 nitrogen and oxygen atoms in total. The molecule has 19 heavy (non-hydrogen) atoms. The van der Waals surface area contributed by atoms with Crippen molar-refractivity contribution in [2.45, 2.75) is 26.4 Å². The number of carbonyl (C=O) groups is 1.